The van der Waals surface area contributed by atoms with Gasteiger partial charge in [-0.05, 0) is 31.6 Å². The molecule has 0 saturated heterocycles. The summed E-state index contributed by atoms with van der Waals surface area (Å²) in [5, 5.41) is 3.46. The van der Waals surface area contributed by atoms with E-state index < -0.39 is 0 Å². The highest BCUT2D eigenvalue weighted by atomic mass is 15.2. The van der Waals surface area contributed by atoms with Crippen LogP contribution in [0.25, 0.3) is 5.69 Å². The van der Waals surface area contributed by atoms with Crippen LogP contribution in [0.3, 0.4) is 0 Å². The Balaban J connectivity index is 2.07. The second-order valence-corrected chi connectivity index (χ2v) is 6.21. The van der Waals surface area contributed by atoms with Crippen LogP contribution < -0.4 is 5.32 Å². The third-order valence-corrected chi connectivity index (χ3v) is 3.14. The number of aromatic nitrogens is 2. The highest BCUT2D eigenvalue weighted by molar-refractivity contribution is 5.41. The van der Waals surface area contributed by atoms with Gasteiger partial charge in [-0.1, -0.05) is 32.0 Å². The maximum Gasteiger partial charge on any atom is 0.207 e. The van der Waals surface area contributed by atoms with Crippen LogP contribution in [0.1, 0.15) is 13.8 Å². The Bertz CT molecular complexity index is 528. The molecule has 1 heterocycles. The zero-order valence-corrected chi connectivity index (χ0v) is 12.8. The second kappa shape index (κ2) is 6.09. The number of rotatable bonds is 6. The van der Waals surface area contributed by atoms with Gasteiger partial charge in [-0.15, -0.1) is 0 Å². The summed E-state index contributed by atoms with van der Waals surface area (Å²) in [6.45, 7) is 6.44. The van der Waals surface area contributed by atoms with Gasteiger partial charge in [-0.25, -0.2) is 4.98 Å². The lowest BCUT2D eigenvalue weighted by Gasteiger charge is -2.28. The largest absolute Gasteiger partial charge is 0.355 e. The zero-order chi connectivity index (χ0) is 14.6. The average molecular weight is 272 g/mol. The number of para-hydroxylation sites is 1. The molecule has 2 aromatic rings. The third kappa shape index (κ3) is 3.84. The van der Waals surface area contributed by atoms with Crippen molar-refractivity contribution in [3.8, 4) is 5.69 Å². The number of anilines is 1. The standard InChI is InChI=1S/C16H24N4/c1-16(2,13-19(3)4)12-18-15-17-10-11-20(15)14-8-6-5-7-9-14/h5-11H,12-13H2,1-4H3,(H,17,18). The van der Waals surface area contributed by atoms with E-state index >= 15 is 0 Å². The molecule has 0 aliphatic carbocycles. The first kappa shape index (κ1) is 14.6. The Morgan fingerprint density at radius 1 is 1.20 bits per heavy atom. The topological polar surface area (TPSA) is 33.1 Å². The van der Waals surface area contributed by atoms with E-state index in [0.29, 0.717) is 0 Å². The van der Waals surface area contributed by atoms with Crippen molar-refractivity contribution in [1.82, 2.24) is 14.5 Å². The molecule has 0 saturated carbocycles. The Labute approximate surface area is 121 Å². The molecule has 0 atom stereocenters. The lowest BCUT2D eigenvalue weighted by atomic mass is 9.93. The molecule has 0 fully saturated rings. The van der Waals surface area contributed by atoms with E-state index in [0.717, 1.165) is 24.7 Å². The van der Waals surface area contributed by atoms with Crippen LogP contribution in [-0.4, -0.2) is 41.6 Å². The molecule has 4 nitrogen and oxygen atoms in total. The molecule has 2 rings (SSSR count). The molecular weight excluding hydrogens is 248 g/mol. The fraction of sp³-hybridized carbons (Fsp3) is 0.438. The lowest BCUT2D eigenvalue weighted by molar-refractivity contribution is 0.254. The number of nitrogens with zero attached hydrogens (tertiary/aromatic N) is 3. The third-order valence-electron chi connectivity index (χ3n) is 3.14. The van der Waals surface area contributed by atoms with E-state index in [4.69, 9.17) is 0 Å². The van der Waals surface area contributed by atoms with Crippen LogP contribution >= 0.6 is 0 Å². The molecule has 0 unspecified atom stereocenters. The Morgan fingerprint density at radius 2 is 1.90 bits per heavy atom. The number of hydrogen-bond acceptors (Lipinski definition) is 3. The van der Waals surface area contributed by atoms with Crippen molar-refractivity contribution in [1.29, 1.82) is 0 Å². The molecule has 0 aliphatic rings. The summed E-state index contributed by atoms with van der Waals surface area (Å²) in [6, 6.07) is 10.3. The van der Waals surface area contributed by atoms with Crippen molar-refractivity contribution < 1.29 is 0 Å². The van der Waals surface area contributed by atoms with Gasteiger partial charge < -0.3 is 10.2 Å². The number of nitrogens with one attached hydrogen (secondary N) is 1. The zero-order valence-electron chi connectivity index (χ0n) is 12.8. The Kier molecular flexibility index (Phi) is 4.45. The molecule has 1 aromatic carbocycles. The monoisotopic (exact) mass is 272 g/mol. The van der Waals surface area contributed by atoms with E-state index in [2.05, 4.69) is 59.8 Å². The minimum Gasteiger partial charge on any atom is -0.355 e. The molecule has 1 aromatic heterocycles. The second-order valence-electron chi connectivity index (χ2n) is 6.21. The average Bonchev–Trinajstić information content (AvgIpc) is 2.84. The maximum atomic E-state index is 4.41. The molecule has 20 heavy (non-hydrogen) atoms. The predicted molar refractivity (Wildman–Crippen MR) is 84.4 cm³/mol. The molecule has 0 spiro atoms. The first-order valence-electron chi connectivity index (χ1n) is 6.95. The summed E-state index contributed by atoms with van der Waals surface area (Å²) in [5.74, 6) is 0.892. The number of hydrogen-bond donors (Lipinski definition) is 1. The molecule has 1 N–H and O–H groups in total. The van der Waals surface area contributed by atoms with Gasteiger partial charge in [0, 0.05) is 31.2 Å². The Morgan fingerprint density at radius 3 is 2.55 bits per heavy atom. The van der Waals surface area contributed by atoms with Crippen molar-refractivity contribution in [2.45, 2.75) is 13.8 Å². The normalized spacial score (nSPS) is 11.8. The van der Waals surface area contributed by atoms with Crippen LogP contribution in [0.4, 0.5) is 5.95 Å². The smallest absolute Gasteiger partial charge is 0.207 e. The van der Waals surface area contributed by atoms with Gasteiger partial charge in [0.1, 0.15) is 0 Å². The maximum absolute atomic E-state index is 4.41. The van der Waals surface area contributed by atoms with Gasteiger partial charge in [0.25, 0.3) is 0 Å². The van der Waals surface area contributed by atoms with Crippen LogP contribution in [0.15, 0.2) is 42.7 Å². The van der Waals surface area contributed by atoms with Gasteiger partial charge in [0.05, 0.1) is 0 Å². The fourth-order valence-corrected chi connectivity index (χ4v) is 2.46. The van der Waals surface area contributed by atoms with E-state index in [1.54, 1.807) is 0 Å². The summed E-state index contributed by atoms with van der Waals surface area (Å²) in [6.07, 6.45) is 3.81. The van der Waals surface area contributed by atoms with E-state index in [1.807, 2.05) is 30.6 Å². The van der Waals surface area contributed by atoms with E-state index in [-0.39, 0.29) is 5.41 Å². The fourth-order valence-electron chi connectivity index (χ4n) is 2.46. The quantitative estimate of drug-likeness (QED) is 0.878. The van der Waals surface area contributed by atoms with Crippen molar-refractivity contribution in [3.63, 3.8) is 0 Å². The van der Waals surface area contributed by atoms with Crippen LogP contribution in [0.5, 0.6) is 0 Å². The Hall–Kier alpha value is -1.81. The minimum absolute atomic E-state index is 0.191. The predicted octanol–water partition coefficient (Wildman–Crippen LogP) is 2.87. The van der Waals surface area contributed by atoms with Crippen LogP contribution in [0.2, 0.25) is 0 Å². The van der Waals surface area contributed by atoms with Crippen LogP contribution in [0, 0.1) is 5.41 Å². The molecule has 0 bridgehead atoms. The molecule has 0 aliphatic heterocycles. The van der Waals surface area contributed by atoms with Crippen molar-refractivity contribution in [2.24, 2.45) is 5.41 Å². The SMILES string of the molecule is CN(C)CC(C)(C)CNc1nccn1-c1ccccc1. The number of imidazole rings is 1. The molecule has 0 radical (unpaired) electrons. The van der Waals surface area contributed by atoms with Crippen molar-refractivity contribution >= 4 is 5.95 Å². The summed E-state index contributed by atoms with van der Waals surface area (Å²) in [7, 11) is 4.21. The van der Waals surface area contributed by atoms with Crippen molar-refractivity contribution in [2.75, 3.05) is 32.5 Å². The van der Waals surface area contributed by atoms with E-state index in [1.165, 1.54) is 0 Å². The first-order chi connectivity index (χ1) is 9.48. The van der Waals surface area contributed by atoms with Gasteiger partial charge in [0.2, 0.25) is 5.95 Å². The molecule has 108 valence electrons. The number of benzene rings is 1. The summed E-state index contributed by atoms with van der Waals surface area (Å²) >= 11 is 0. The highest BCUT2D eigenvalue weighted by Gasteiger charge is 2.19. The molecule has 0 amide bonds. The first-order valence-corrected chi connectivity index (χ1v) is 6.95. The van der Waals surface area contributed by atoms with Gasteiger partial charge in [-0.3, -0.25) is 4.57 Å². The van der Waals surface area contributed by atoms with Gasteiger partial charge in [-0.2, -0.15) is 0 Å². The van der Waals surface area contributed by atoms with Crippen LogP contribution in [-0.2, 0) is 0 Å². The van der Waals surface area contributed by atoms with Gasteiger partial charge in [0.15, 0.2) is 0 Å². The summed E-state index contributed by atoms with van der Waals surface area (Å²) in [4.78, 5) is 6.63. The van der Waals surface area contributed by atoms with Crippen molar-refractivity contribution in [3.05, 3.63) is 42.7 Å². The van der Waals surface area contributed by atoms with E-state index in [9.17, 15) is 0 Å². The molecular formula is C16H24N4. The summed E-state index contributed by atoms with van der Waals surface area (Å²) in [5.41, 5.74) is 1.31. The van der Waals surface area contributed by atoms with Gasteiger partial charge >= 0.3 is 0 Å². The lowest BCUT2D eigenvalue weighted by Crippen LogP contribution is -2.34. The minimum atomic E-state index is 0.191. The summed E-state index contributed by atoms with van der Waals surface area (Å²) < 4.78 is 2.08. The molecule has 4 heteroatoms. The highest BCUT2D eigenvalue weighted by Crippen LogP contribution is 2.19.